The second kappa shape index (κ2) is 18.0. The maximum Gasteiger partial charge on any atom is 0.417 e. The molecule has 0 atom stereocenters. The van der Waals surface area contributed by atoms with Crippen LogP contribution >= 0.6 is 0 Å². The summed E-state index contributed by atoms with van der Waals surface area (Å²) in [6.45, 7) is 25.4. The van der Waals surface area contributed by atoms with Gasteiger partial charge in [-0.2, -0.15) is 13.2 Å². The Bertz CT molecular complexity index is 4230. The first kappa shape index (κ1) is 48.2. The molecule has 0 amide bonds. The fourth-order valence-corrected chi connectivity index (χ4v) is 10.6. The molecule has 6 aromatic heterocycles. The van der Waals surface area contributed by atoms with Gasteiger partial charge in [-0.05, 0) is 164 Å². The molecule has 0 bridgehead atoms. The Morgan fingerprint density at radius 3 is 1.06 bits per heavy atom. The molecule has 0 saturated heterocycles. The molecule has 18 heteroatoms. The van der Waals surface area contributed by atoms with Crippen LogP contribution < -0.4 is 0 Å². The predicted molar refractivity (Wildman–Crippen MR) is 290 cm³/mol. The summed E-state index contributed by atoms with van der Waals surface area (Å²) in [5.41, 5.74) is 5.95. The molecular weight excluding hydrogens is 976 g/mol. The van der Waals surface area contributed by atoms with Gasteiger partial charge in [0.1, 0.15) is 46.6 Å². The highest BCUT2D eigenvalue weighted by Gasteiger charge is 2.36. The van der Waals surface area contributed by atoms with Gasteiger partial charge in [-0.25, -0.2) is 64.7 Å². The van der Waals surface area contributed by atoms with Crippen LogP contribution in [0.5, 0.6) is 0 Å². The highest BCUT2D eigenvalue weighted by molar-refractivity contribution is 6.15. The molecule has 0 aliphatic rings. The third-order valence-corrected chi connectivity index (χ3v) is 13.6. The Kier molecular flexibility index (Phi) is 11.3. The van der Waals surface area contributed by atoms with E-state index in [0.29, 0.717) is 114 Å². The Labute approximate surface area is 438 Å². The van der Waals surface area contributed by atoms with Crippen LogP contribution in [0.25, 0.3) is 117 Å². The van der Waals surface area contributed by atoms with E-state index in [2.05, 4.69) is 44.7 Å². The average molecular weight is 1020 g/mol. The van der Waals surface area contributed by atoms with E-state index >= 15 is 13.2 Å². The van der Waals surface area contributed by atoms with Crippen molar-refractivity contribution in [3.05, 3.63) is 172 Å². The molecule has 6 heterocycles. The Balaban J connectivity index is 1.22. The van der Waals surface area contributed by atoms with Crippen molar-refractivity contribution in [1.29, 1.82) is 0 Å². The molecule has 0 fully saturated rings. The molecular formula is C59H44F3N15. The van der Waals surface area contributed by atoms with Gasteiger partial charge in [0.25, 0.3) is 0 Å². The quantitative estimate of drug-likeness (QED) is 0.139. The third-order valence-electron chi connectivity index (χ3n) is 13.6. The lowest BCUT2D eigenvalue weighted by Gasteiger charge is -2.23. The summed E-state index contributed by atoms with van der Waals surface area (Å²) >= 11 is 0. The number of rotatable bonds is 7. The van der Waals surface area contributed by atoms with E-state index in [9.17, 15) is 6.57 Å². The molecule has 15 nitrogen and oxygen atoms in total. The number of halogens is 3. The minimum Gasteiger partial charge on any atom is -0.319 e. The van der Waals surface area contributed by atoms with Crippen LogP contribution in [0.4, 0.5) is 18.9 Å². The number of aromatic nitrogens is 14. The topological polar surface area (TPSA) is 169 Å². The van der Waals surface area contributed by atoms with Gasteiger partial charge in [0, 0.05) is 43.8 Å². The summed E-state index contributed by atoms with van der Waals surface area (Å²) in [4.78, 5) is 59.5. The van der Waals surface area contributed by atoms with E-state index in [-0.39, 0.29) is 22.5 Å². The minimum atomic E-state index is -4.75. The lowest BCUT2D eigenvalue weighted by atomic mass is 9.92. The van der Waals surface area contributed by atoms with Crippen molar-refractivity contribution in [3.63, 3.8) is 0 Å². The maximum absolute atomic E-state index is 15.5. The van der Waals surface area contributed by atoms with E-state index in [1.807, 2.05) is 110 Å². The summed E-state index contributed by atoms with van der Waals surface area (Å²) in [5, 5.41) is 3.02. The summed E-state index contributed by atoms with van der Waals surface area (Å²) in [6, 6.07) is 30.9. The van der Waals surface area contributed by atoms with Gasteiger partial charge >= 0.3 is 6.18 Å². The van der Waals surface area contributed by atoms with Crippen LogP contribution in [0.2, 0.25) is 0 Å². The molecule has 77 heavy (non-hydrogen) atoms. The zero-order valence-electron chi connectivity index (χ0n) is 43.2. The molecule has 0 aliphatic heterocycles. The standard InChI is InChI=1S/C59H44F3N15/c1-28-12-11-13-46(59(60,61)62)52(28)41-18-23-51(76-47-19-14-37(55-68-29(2)64-30(3)69-55)24-42(47)43-25-38(15-20-48(43)76)56-70-31(4)65-32(5)71-56)53(63-10)54(41)77-49-21-16-39(57-72-33(6)66-34(7)73-57)26-44(49)45-27-40(17-22-50(45)77)58-74-35(8)67-36(9)75-58/h11-27H,1-9H3. The zero-order valence-corrected chi connectivity index (χ0v) is 43.2. The predicted octanol–water partition coefficient (Wildman–Crippen LogP) is 13.3. The zero-order chi connectivity index (χ0) is 53.8. The molecule has 6 aromatic carbocycles. The smallest absolute Gasteiger partial charge is 0.319 e. The fraction of sp³-hybridized carbons (Fsp3) is 0.169. The van der Waals surface area contributed by atoms with Crippen molar-refractivity contribution in [3.8, 4) is 68.1 Å². The van der Waals surface area contributed by atoms with Gasteiger partial charge in [-0.1, -0.05) is 18.2 Å². The Morgan fingerprint density at radius 1 is 0.403 bits per heavy atom. The van der Waals surface area contributed by atoms with Crippen molar-refractivity contribution in [2.45, 2.75) is 68.5 Å². The van der Waals surface area contributed by atoms with E-state index in [0.717, 1.165) is 38.7 Å². The average Bonchev–Trinajstić information content (AvgIpc) is 4.14. The van der Waals surface area contributed by atoms with E-state index < -0.39 is 11.7 Å². The summed E-state index contributed by atoms with van der Waals surface area (Å²) in [7, 11) is 0. The molecule has 12 aromatic rings. The van der Waals surface area contributed by atoms with Gasteiger partial charge in [0.15, 0.2) is 23.3 Å². The van der Waals surface area contributed by atoms with E-state index in [1.54, 1.807) is 52.8 Å². The van der Waals surface area contributed by atoms with Crippen LogP contribution in [-0.2, 0) is 6.18 Å². The Hall–Kier alpha value is -9.76. The molecule has 0 spiro atoms. The van der Waals surface area contributed by atoms with E-state index in [4.69, 9.17) is 19.9 Å². The van der Waals surface area contributed by atoms with Crippen molar-refractivity contribution in [1.82, 2.24) is 68.9 Å². The largest absolute Gasteiger partial charge is 0.417 e. The van der Waals surface area contributed by atoms with Gasteiger partial charge in [0.05, 0.1) is 45.6 Å². The van der Waals surface area contributed by atoms with Crippen molar-refractivity contribution in [2.75, 3.05) is 0 Å². The summed E-state index contributed by atoms with van der Waals surface area (Å²) in [5.74, 6) is 6.34. The molecule has 0 radical (unpaired) electrons. The fourth-order valence-electron chi connectivity index (χ4n) is 10.6. The second-order valence-corrected chi connectivity index (χ2v) is 19.0. The van der Waals surface area contributed by atoms with Gasteiger partial charge < -0.3 is 9.13 Å². The van der Waals surface area contributed by atoms with Gasteiger partial charge in [0.2, 0.25) is 5.69 Å². The van der Waals surface area contributed by atoms with Crippen molar-refractivity contribution >= 4 is 49.3 Å². The lowest BCUT2D eigenvalue weighted by Crippen LogP contribution is -2.10. The highest BCUT2D eigenvalue weighted by Crippen LogP contribution is 2.50. The van der Waals surface area contributed by atoms with Crippen LogP contribution in [-0.4, -0.2) is 68.9 Å². The first-order valence-electron chi connectivity index (χ1n) is 24.6. The SMILES string of the molecule is [C-]#[N+]c1c(-n2c3ccc(-c4nc(C)nc(C)n4)cc3c3cc(-c4nc(C)nc(C)n4)ccc32)ccc(-c2c(C)cccc2C(F)(F)F)c1-n1c2ccc(-c3nc(C)nc(C)n3)cc2c2cc(-c3nc(C)nc(C)n3)ccc21. The van der Waals surface area contributed by atoms with Crippen LogP contribution in [0, 0.1) is 68.9 Å². The van der Waals surface area contributed by atoms with Crippen LogP contribution in [0.3, 0.4) is 0 Å². The Morgan fingerprint density at radius 2 is 0.740 bits per heavy atom. The number of alkyl halides is 3. The first-order chi connectivity index (χ1) is 36.9. The number of hydrogen-bond donors (Lipinski definition) is 0. The highest BCUT2D eigenvalue weighted by atomic mass is 19.4. The van der Waals surface area contributed by atoms with Gasteiger partial charge in [-0.15, -0.1) is 0 Å². The summed E-state index contributed by atoms with van der Waals surface area (Å²) < 4.78 is 50.5. The van der Waals surface area contributed by atoms with Gasteiger partial charge in [-0.3, -0.25) is 0 Å². The number of nitrogens with zero attached hydrogens (tertiary/aromatic N) is 15. The number of aryl methyl sites for hydroxylation is 9. The lowest BCUT2D eigenvalue weighted by molar-refractivity contribution is -0.137. The second-order valence-electron chi connectivity index (χ2n) is 19.0. The molecule has 0 N–H and O–H groups in total. The summed E-state index contributed by atoms with van der Waals surface area (Å²) in [6.07, 6.45) is -4.75. The molecule has 376 valence electrons. The minimum absolute atomic E-state index is 0.0515. The number of fused-ring (bicyclic) bond motifs is 6. The maximum atomic E-state index is 15.5. The first-order valence-corrected chi connectivity index (χ1v) is 24.6. The molecule has 0 unspecified atom stereocenters. The van der Waals surface area contributed by atoms with Crippen molar-refractivity contribution in [2.24, 2.45) is 0 Å². The molecule has 12 rings (SSSR count). The number of hydrogen-bond acceptors (Lipinski definition) is 12. The molecule has 0 saturated carbocycles. The van der Waals surface area contributed by atoms with Crippen molar-refractivity contribution < 1.29 is 13.2 Å². The monoisotopic (exact) mass is 1020 g/mol. The van der Waals surface area contributed by atoms with Crippen LogP contribution in [0.1, 0.15) is 57.7 Å². The third kappa shape index (κ3) is 8.32. The van der Waals surface area contributed by atoms with Crippen LogP contribution in [0.15, 0.2) is 103 Å². The number of benzene rings is 6. The molecule has 0 aliphatic carbocycles. The van der Waals surface area contributed by atoms with E-state index in [1.165, 1.54) is 6.07 Å². The normalized spacial score (nSPS) is 11.9.